The molecular formula is C28H31N5O3. The minimum Gasteiger partial charge on any atom is -0.508 e. The van der Waals surface area contributed by atoms with Crippen LogP contribution < -0.4 is 10.9 Å². The Balaban J connectivity index is 1.67. The van der Waals surface area contributed by atoms with Crippen LogP contribution in [0.4, 0.5) is 0 Å². The number of hydrogen-bond donors (Lipinski definition) is 2. The number of nitrogens with zero attached hydrogens (tertiary/aromatic N) is 4. The number of aromatic nitrogens is 3. The molecule has 1 aliphatic rings. The number of nitrogens with one attached hydrogen (secondary N) is 1. The first-order valence-electron chi connectivity index (χ1n) is 12.2. The van der Waals surface area contributed by atoms with Gasteiger partial charge in [-0.1, -0.05) is 35.4 Å². The molecule has 4 aromatic rings. The lowest BCUT2D eigenvalue weighted by Crippen LogP contribution is -2.47. The van der Waals surface area contributed by atoms with E-state index in [-0.39, 0.29) is 17.4 Å². The minimum atomic E-state index is -0.216. The van der Waals surface area contributed by atoms with E-state index in [9.17, 15) is 9.90 Å². The molecule has 186 valence electrons. The van der Waals surface area contributed by atoms with Crippen LogP contribution in [0, 0.1) is 13.8 Å². The van der Waals surface area contributed by atoms with E-state index in [1.165, 1.54) is 10.9 Å². The summed E-state index contributed by atoms with van der Waals surface area (Å²) < 4.78 is 7.10. The number of rotatable bonds is 6. The Labute approximate surface area is 210 Å². The van der Waals surface area contributed by atoms with Crippen LogP contribution >= 0.6 is 0 Å². The molecule has 5 rings (SSSR count). The minimum absolute atomic E-state index is 0.0868. The summed E-state index contributed by atoms with van der Waals surface area (Å²) in [5, 5.41) is 14.0. The van der Waals surface area contributed by atoms with Crippen LogP contribution in [0.2, 0.25) is 0 Å². The van der Waals surface area contributed by atoms with E-state index < -0.39 is 0 Å². The first kappa shape index (κ1) is 24.1. The van der Waals surface area contributed by atoms with Crippen molar-refractivity contribution in [2.45, 2.75) is 26.4 Å². The van der Waals surface area contributed by atoms with Crippen LogP contribution in [0.3, 0.4) is 0 Å². The maximum absolute atomic E-state index is 13.9. The molecule has 8 nitrogen and oxygen atoms in total. The molecule has 2 aromatic carbocycles. The quantitative estimate of drug-likeness (QED) is 0.433. The highest BCUT2D eigenvalue weighted by molar-refractivity contribution is 5.86. The number of pyridine rings is 1. The number of morpholine rings is 1. The molecule has 1 fully saturated rings. The monoisotopic (exact) mass is 485 g/mol. The fourth-order valence-electron chi connectivity index (χ4n) is 4.96. The van der Waals surface area contributed by atoms with Crippen molar-refractivity contribution in [2.24, 2.45) is 0 Å². The van der Waals surface area contributed by atoms with Crippen LogP contribution in [0.1, 0.15) is 16.7 Å². The van der Waals surface area contributed by atoms with Gasteiger partial charge in [0.05, 0.1) is 24.3 Å². The summed E-state index contributed by atoms with van der Waals surface area (Å²) >= 11 is 0. The molecule has 0 spiro atoms. The van der Waals surface area contributed by atoms with Crippen LogP contribution in [-0.2, 0) is 11.3 Å². The van der Waals surface area contributed by atoms with E-state index in [1.54, 1.807) is 24.3 Å². The van der Waals surface area contributed by atoms with E-state index in [4.69, 9.17) is 4.74 Å². The summed E-state index contributed by atoms with van der Waals surface area (Å²) in [6.07, 6.45) is 3.30. The maximum Gasteiger partial charge on any atom is 0.267 e. The predicted octanol–water partition coefficient (Wildman–Crippen LogP) is 3.19. The Morgan fingerprint density at radius 3 is 2.69 bits per heavy atom. The lowest BCUT2D eigenvalue weighted by Gasteiger charge is -2.29. The fraction of sp³-hybridized carbons (Fsp3) is 0.321. The van der Waals surface area contributed by atoms with E-state index in [0.717, 1.165) is 47.5 Å². The number of ether oxygens (including phenoxy) is 1. The molecule has 1 atom stereocenters. The SMILES string of the molecule is Cc1cc(C)cc(-c2cnc3ncn(-c4cccc(O)c4)c(=O)c3c2CN(C)CC2COCCN2)c1. The Morgan fingerprint density at radius 1 is 1.17 bits per heavy atom. The zero-order valence-electron chi connectivity index (χ0n) is 20.9. The van der Waals surface area contributed by atoms with Crippen molar-refractivity contribution in [3.63, 3.8) is 0 Å². The van der Waals surface area contributed by atoms with Gasteiger partial charge in [-0.2, -0.15) is 0 Å². The number of likely N-dealkylation sites (N-methyl/N-ethyl adjacent to an activating group) is 1. The van der Waals surface area contributed by atoms with Gasteiger partial charge in [-0.3, -0.25) is 9.36 Å². The molecule has 36 heavy (non-hydrogen) atoms. The zero-order chi connectivity index (χ0) is 25.2. The number of phenolic OH excluding ortho intramolecular Hbond substituents is 1. The summed E-state index contributed by atoms with van der Waals surface area (Å²) in [7, 11) is 2.05. The second kappa shape index (κ2) is 10.2. The van der Waals surface area contributed by atoms with Crippen molar-refractivity contribution in [1.82, 2.24) is 24.8 Å². The van der Waals surface area contributed by atoms with Gasteiger partial charge in [-0.05, 0) is 44.2 Å². The van der Waals surface area contributed by atoms with Gasteiger partial charge in [0.2, 0.25) is 0 Å². The second-order valence-electron chi connectivity index (χ2n) is 9.59. The summed E-state index contributed by atoms with van der Waals surface area (Å²) in [5.41, 5.74) is 5.87. The van der Waals surface area contributed by atoms with Gasteiger partial charge in [0, 0.05) is 43.5 Å². The van der Waals surface area contributed by atoms with Crippen molar-refractivity contribution in [3.8, 4) is 22.6 Å². The van der Waals surface area contributed by atoms with Crippen molar-refractivity contribution >= 4 is 11.0 Å². The first-order chi connectivity index (χ1) is 17.4. The fourth-order valence-corrected chi connectivity index (χ4v) is 4.96. The van der Waals surface area contributed by atoms with E-state index in [2.05, 4.69) is 59.3 Å². The lowest BCUT2D eigenvalue weighted by molar-refractivity contribution is 0.0645. The van der Waals surface area contributed by atoms with Crippen molar-refractivity contribution < 1.29 is 9.84 Å². The molecule has 1 aliphatic heterocycles. The Bertz CT molecular complexity index is 1440. The van der Waals surface area contributed by atoms with E-state index in [0.29, 0.717) is 29.9 Å². The topological polar surface area (TPSA) is 92.5 Å². The van der Waals surface area contributed by atoms with Crippen LogP contribution in [-0.4, -0.2) is 63.9 Å². The van der Waals surface area contributed by atoms with Gasteiger partial charge >= 0.3 is 0 Å². The number of fused-ring (bicyclic) bond motifs is 1. The number of hydrogen-bond acceptors (Lipinski definition) is 7. The van der Waals surface area contributed by atoms with Gasteiger partial charge in [0.15, 0.2) is 5.65 Å². The molecule has 2 aromatic heterocycles. The molecule has 2 N–H and O–H groups in total. The number of benzene rings is 2. The zero-order valence-corrected chi connectivity index (χ0v) is 20.9. The molecule has 0 saturated carbocycles. The molecule has 0 amide bonds. The maximum atomic E-state index is 13.9. The molecule has 0 bridgehead atoms. The van der Waals surface area contributed by atoms with Crippen LogP contribution in [0.5, 0.6) is 5.75 Å². The average molecular weight is 486 g/mol. The van der Waals surface area contributed by atoms with Gasteiger partial charge in [0.25, 0.3) is 5.56 Å². The smallest absolute Gasteiger partial charge is 0.267 e. The second-order valence-corrected chi connectivity index (χ2v) is 9.59. The Kier molecular flexibility index (Phi) is 6.82. The molecule has 1 unspecified atom stereocenters. The van der Waals surface area contributed by atoms with Gasteiger partial charge in [-0.25, -0.2) is 9.97 Å². The molecule has 8 heteroatoms. The highest BCUT2D eigenvalue weighted by Crippen LogP contribution is 2.30. The Hall–Kier alpha value is -3.59. The number of phenols is 1. The summed E-state index contributed by atoms with van der Waals surface area (Å²) in [4.78, 5) is 25.2. The highest BCUT2D eigenvalue weighted by atomic mass is 16.5. The molecule has 0 radical (unpaired) electrons. The predicted molar refractivity (Wildman–Crippen MR) is 141 cm³/mol. The van der Waals surface area contributed by atoms with Gasteiger partial charge in [0.1, 0.15) is 12.1 Å². The Morgan fingerprint density at radius 2 is 1.97 bits per heavy atom. The van der Waals surface area contributed by atoms with Crippen molar-refractivity contribution in [2.75, 3.05) is 33.4 Å². The van der Waals surface area contributed by atoms with Gasteiger partial charge in [-0.15, -0.1) is 0 Å². The molecular weight excluding hydrogens is 454 g/mol. The standard InChI is InChI=1S/C28H31N5O3/c1-18-9-19(2)11-20(10-18)24-13-30-27-26(25(24)15-32(3)14-21-16-36-8-7-29-21)28(35)33(17-31-27)22-5-4-6-23(34)12-22/h4-6,9-13,17,21,29,34H,7-8,14-16H2,1-3H3. The molecule has 3 heterocycles. The van der Waals surface area contributed by atoms with Crippen LogP contribution in [0.15, 0.2) is 59.8 Å². The third-order valence-electron chi connectivity index (χ3n) is 6.49. The first-order valence-corrected chi connectivity index (χ1v) is 12.2. The summed E-state index contributed by atoms with van der Waals surface area (Å²) in [6.45, 7) is 7.69. The normalized spacial score (nSPS) is 16.1. The highest BCUT2D eigenvalue weighted by Gasteiger charge is 2.21. The lowest BCUT2D eigenvalue weighted by atomic mass is 9.96. The number of aromatic hydroxyl groups is 1. The van der Waals surface area contributed by atoms with Gasteiger partial charge < -0.3 is 20.1 Å². The van der Waals surface area contributed by atoms with E-state index >= 15 is 0 Å². The molecule has 1 saturated heterocycles. The number of aryl methyl sites for hydroxylation is 2. The third kappa shape index (κ3) is 5.02. The largest absolute Gasteiger partial charge is 0.508 e. The summed E-state index contributed by atoms with van der Waals surface area (Å²) in [6, 6.07) is 13.2. The van der Waals surface area contributed by atoms with Crippen LogP contribution in [0.25, 0.3) is 27.8 Å². The average Bonchev–Trinajstić information content (AvgIpc) is 2.84. The van der Waals surface area contributed by atoms with Crippen molar-refractivity contribution in [3.05, 3.63) is 82.0 Å². The van der Waals surface area contributed by atoms with Crippen molar-refractivity contribution in [1.29, 1.82) is 0 Å². The summed E-state index contributed by atoms with van der Waals surface area (Å²) in [5.74, 6) is 0.0868. The third-order valence-corrected chi connectivity index (χ3v) is 6.49. The molecule has 0 aliphatic carbocycles. The van der Waals surface area contributed by atoms with E-state index in [1.807, 2.05) is 6.20 Å².